The Morgan fingerprint density at radius 1 is 1.13 bits per heavy atom. The molecule has 1 N–H and O–H groups in total. The molecule has 0 saturated carbocycles. The molecule has 1 atom stereocenters. The first-order valence-electron chi connectivity index (χ1n) is 9.52. The van der Waals surface area contributed by atoms with Crippen molar-refractivity contribution in [2.24, 2.45) is 5.10 Å². The number of fused-ring (bicyclic) bond motifs is 1. The highest BCUT2D eigenvalue weighted by molar-refractivity contribution is 7.92. The van der Waals surface area contributed by atoms with E-state index < -0.39 is 10.0 Å². The first-order valence-corrected chi connectivity index (χ1v) is 11.4. The van der Waals surface area contributed by atoms with E-state index in [2.05, 4.69) is 19.8 Å². The van der Waals surface area contributed by atoms with Crippen LogP contribution in [-0.2, 0) is 14.8 Å². The zero-order valence-corrected chi connectivity index (χ0v) is 17.4. The summed E-state index contributed by atoms with van der Waals surface area (Å²) in [6.07, 6.45) is 5.23. The second-order valence-corrected chi connectivity index (χ2v) is 8.87. The minimum absolute atomic E-state index is 0.0836. The van der Waals surface area contributed by atoms with Crippen molar-refractivity contribution in [2.45, 2.75) is 25.8 Å². The third kappa shape index (κ3) is 4.16. The molecule has 3 aromatic rings. The van der Waals surface area contributed by atoms with Crippen molar-refractivity contribution in [1.29, 1.82) is 0 Å². The molecule has 0 fully saturated rings. The number of rotatable bonds is 5. The van der Waals surface area contributed by atoms with Gasteiger partial charge in [-0.2, -0.15) is 5.10 Å². The van der Waals surface area contributed by atoms with E-state index in [1.54, 1.807) is 37.5 Å². The largest absolute Gasteiger partial charge is 0.284 e. The monoisotopic (exact) mass is 423 g/mol. The normalized spacial score (nSPS) is 16.5. The van der Waals surface area contributed by atoms with E-state index >= 15 is 0 Å². The third-order valence-electron chi connectivity index (χ3n) is 4.85. The molecule has 1 aromatic heterocycles. The lowest BCUT2D eigenvalue weighted by Gasteiger charge is -2.21. The number of nitrogens with one attached hydrogen (secondary N) is 1. The Labute approximate surface area is 174 Å². The molecule has 0 saturated heterocycles. The molecule has 4 rings (SSSR count). The predicted octanol–water partition coefficient (Wildman–Crippen LogP) is 3.09. The Kier molecular flexibility index (Phi) is 5.21. The molecule has 1 amide bonds. The molecule has 9 heteroatoms. The van der Waals surface area contributed by atoms with Gasteiger partial charge in [0.1, 0.15) is 0 Å². The summed E-state index contributed by atoms with van der Waals surface area (Å²) in [7, 11) is -3.39. The van der Waals surface area contributed by atoms with Gasteiger partial charge in [0.05, 0.1) is 29.0 Å². The van der Waals surface area contributed by atoms with Gasteiger partial charge in [-0.1, -0.05) is 25.1 Å². The summed E-state index contributed by atoms with van der Waals surface area (Å²) in [5.41, 5.74) is 4.41. The standard InChI is InChI=1S/C21H21N5O3S/c1-3-21(27)26-20(15-7-8-17-19(12-15)23-10-9-22-17)13-18(24-26)14-5-4-6-16(11-14)25-30(2,28)29/h4-12,20,25H,3,13H2,1-2H3. The maximum absolute atomic E-state index is 12.6. The maximum atomic E-state index is 12.6. The fourth-order valence-corrected chi connectivity index (χ4v) is 4.06. The second-order valence-electron chi connectivity index (χ2n) is 7.12. The van der Waals surface area contributed by atoms with Gasteiger partial charge in [-0.3, -0.25) is 19.5 Å². The fourth-order valence-electron chi connectivity index (χ4n) is 3.50. The van der Waals surface area contributed by atoms with Gasteiger partial charge in [-0.15, -0.1) is 0 Å². The van der Waals surface area contributed by atoms with Crippen LogP contribution in [0.3, 0.4) is 0 Å². The van der Waals surface area contributed by atoms with Gasteiger partial charge in [-0.25, -0.2) is 13.4 Å². The Bertz CT molecular complexity index is 1260. The van der Waals surface area contributed by atoms with Gasteiger partial charge in [0, 0.05) is 30.9 Å². The summed E-state index contributed by atoms with van der Waals surface area (Å²) >= 11 is 0. The number of hydrogen-bond acceptors (Lipinski definition) is 6. The number of hydrazone groups is 1. The van der Waals surface area contributed by atoms with Crippen molar-refractivity contribution < 1.29 is 13.2 Å². The lowest BCUT2D eigenvalue weighted by Crippen LogP contribution is -2.26. The number of nitrogens with zero attached hydrogens (tertiary/aromatic N) is 4. The van der Waals surface area contributed by atoms with Crippen molar-refractivity contribution in [1.82, 2.24) is 15.0 Å². The molecular weight excluding hydrogens is 402 g/mol. The van der Waals surface area contributed by atoms with Crippen molar-refractivity contribution in [3.8, 4) is 0 Å². The van der Waals surface area contributed by atoms with E-state index in [9.17, 15) is 13.2 Å². The highest BCUT2D eigenvalue weighted by Crippen LogP contribution is 2.34. The van der Waals surface area contributed by atoms with E-state index in [-0.39, 0.29) is 11.9 Å². The topological polar surface area (TPSA) is 105 Å². The molecule has 0 bridgehead atoms. The molecular formula is C21H21N5O3S. The number of amides is 1. The minimum atomic E-state index is -3.39. The number of anilines is 1. The number of aromatic nitrogens is 2. The van der Waals surface area contributed by atoms with Crippen molar-refractivity contribution in [3.05, 3.63) is 66.0 Å². The SMILES string of the molecule is CCC(=O)N1N=C(c2cccc(NS(C)(=O)=O)c2)CC1c1ccc2nccnc2c1. The van der Waals surface area contributed by atoms with E-state index in [0.29, 0.717) is 18.5 Å². The van der Waals surface area contributed by atoms with Crippen molar-refractivity contribution >= 4 is 38.4 Å². The highest BCUT2D eigenvalue weighted by Gasteiger charge is 2.32. The Morgan fingerprint density at radius 3 is 2.63 bits per heavy atom. The number of carbonyl (C=O) groups is 1. The molecule has 30 heavy (non-hydrogen) atoms. The van der Waals surface area contributed by atoms with Crippen LogP contribution in [0, 0.1) is 0 Å². The van der Waals surface area contributed by atoms with Gasteiger partial charge < -0.3 is 0 Å². The molecule has 1 unspecified atom stereocenters. The summed E-state index contributed by atoms with van der Waals surface area (Å²) < 4.78 is 25.6. The first kappa shape index (κ1) is 20.0. The predicted molar refractivity (Wildman–Crippen MR) is 115 cm³/mol. The summed E-state index contributed by atoms with van der Waals surface area (Å²) in [6, 6.07) is 12.5. The highest BCUT2D eigenvalue weighted by atomic mass is 32.2. The van der Waals surface area contributed by atoms with Crippen LogP contribution in [0.5, 0.6) is 0 Å². The van der Waals surface area contributed by atoms with E-state index in [4.69, 9.17) is 0 Å². The molecule has 2 aromatic carbocycles. The van der Waals surface area contributed by atoms with Gasteiger partial charge in [0.25, 0.3) is 0 Å². The molecule has 1 aliphatic heterocycles. The van der Waals surface area contributed by atoms with Crippen LogP contribution >= 0.6 is 0 Å². The molecule has 2 heterocycles. The van der Waals surface area contributed by atoms with E-state index in [1.807, 2.05) is 24.3 Å². The molecule has 8 nitrogen and oxygen atoms in total. The number of benzene rings is 2. The molecule has 154 valence electrons. The van der Waals surface area contributed by atoms with Gasteiger partial charge in [-0.05, 0) is 35.4 Å². The van der Waals surface area contributed by atoms with Crippen LogP contribution in [0.2, 0.25) is 0 Å². The Balaban J connectivity index is 1.69. The quantitative estimate of drug-likeness (QED) is 0.679. The lowest BCUT2D eigenvalue weighted by molar-refractivity contribution is -0.132. The lowest BCUT2D eigenvalue weighted by atomic mass is 9.97. The van der Waals surface area contributed by atoms with E-state index in [1.165, 1.54) is 5.01 Å². The zero-order chi connectivity index (χ0) is 21.3. The van der Waals surface area contributed by atoms with Gasteiger partial charge >= 0.3 is 0 Å². The van der Waals surface area contributed by atoms with Crippen LogP contribution < -0.4 is 4.72 Å². The van der Waals surface area contributed by atoms with Crippen molar-refractivity contribution in [2.75, 3.05) is 11.0 Å². The molecule has 1 aliphatic rings. The van der Waals surface area contributed by atoms with Crippen LogP contribution in [0.1, 0.15) is 36.9 Å². The van der Waals surface area contributed by atoms with Crippen LogP contribution in [0.25, 0.3) is 11.0 Å². The fraction of sp³-hybridized carbons (Fsp3) is 0.238. The van der Waals surface area contributed by atoms with Crippen LogP contribution in [-0.4, -0.2) is 41.3 Å². The smallest absolute Gasteiger partial charge is 0.242 e. The molecule has 0 radical (unpaired) electrons. The first-order chi connectivity index (χ1) is 14.3. The van der Waals surface area contributed by atoms with Crippen LogP contribution in [0.15, 0.2) is 60.0 Å². The summed E-state index contributed by atoms with van der Waals surface area (Å²) in [6.45, 7) is 1.80. The van der Waals surface area contributed by atoms with Crippen LogP contribution in [0.4, 0.5) is 5.69 Å². The average molecular weight is 423 g/mol. The third-order valence-corrected chi connectivity index (χ3v) is 5.45. The van der Waals surface area contributed by atoms with Crippen molar-refractivity contribution in [3.63, 3.8) is 0 Å². The Hall–Kier alpha value is -3.33. The summed E-state index contributed by atoms with van der Waals surface area (Å²) in [5.74, 6) is -0.0836. The summed E-state index contributed by atoms with van der Waals surface area (Å²) in [5, 5.41) is 6.11. The maximum Gasteiger partial charge on any atom is 0.242 e. The summed E-state index contributed by atoms with van der Waals surface area (Å²) in [4.78, 5) is 21.2. The number of carbonyl (C=O) groups excluding carboxylic acids is 1. The molecule has 0 aliphatic carbocycles. The number of hydrogen-bond donors (Lipinski definition) is 1. The Morgan fingerprint density at radius 2 is 1.90 bits per heavy atom. The average Bonchev–Trinajstić information content (AvgIpc) is 3.17. The molecule has 0 spiro atoms. The second kappa shape index (κ2) is 7.83. The number of sulfonamides is 1. The van der Waals surface area contributed by atoms with E-state index in [0.717, 1.165) is 34.1 Å². The zero-order valence-electron chi connectivity index (χ0n) is 16.6. The van der Waals surface area contributed by atoms with Gasteiger partial charge in [0.2, 0.25) is 15.9 Å². The minimum Gasteiger partial charge on any atom is -0.284 e. The van der Waals surface area contributed by atoms with Gasteiger partial charge in [0.15, 0.2) is 0 Å².